The molecule has 1 aromatic carbocycles. The highest BCUT2D eigenvalue weighted by Gasteiger charge is 2.09. The lowest BCUT2D eigenvalue weighted by Crippen LogP contribution is -2.01. The van der Waals surface area contributed by atoms with Gasteiger partial charge in [-0.15, -0.1) is 11.8 Å². The molecule has 0 spiro atoms. The number of carbonyl (C=O) groups is 1. The summed E-state index contributed by atoms with van der Waals surface area (Å²) in [5.74, 6) is -0.690. The minimum absolute atomic E-state index is 0.100. The average molecular weight is 268 g/mol. The smallest absolute Gasteiger partial charge is 0.313 e. The van der Waals surface area contributed by atoms with Gasteiger partial charge in [0.15, 0.2) is 0 Å². The Kier molecular flexibility index (Phi) is 6.83. The van der Waals surface area contributed by atoms with Gasteiger partial charge in [-0.3, -0.25) is 4.79 Å². The Hall–Kier alpha value is -1.00. The SMILES string of the molecule is CCCCC(OC)c1ccc(SCC(=O)O)cc1. The van der Waals surface area contributed by atoms with E-state index in [4.69, 9.17) is 9.84 Å². The third kappa shape index (κ3) is 5.10. The van der Waals surface area contributed by atoms with E-state index in [1.807, 2.05) is 24.3 Å². The van der Waals surface area contributed by atoms with Crippen molar-refractivity contribution in [3.8, 4) is 0 Å². The number of benzene rings is 1. The monoisotopic (exact) mass is 268 g/mol. The Balaban J connectivity index is 2.59. The predicted octanol–water partition coefficient (Wildman–Crippen LogP) is 3.74. The van der Waals surface area contributed by atoms with Crippen molar-refractivity contribution in [2.45, 2.75) is 37.2 Å². The van der Waals surface area contributed by atoms with E-state index in [1.54, 1.807) is 7.11 Å². The van der Waals surface area contributed by atoms with Gasteiger partial charge in [-0.2, -0.15) is 0 Å². The second-order valence-electron chi connectivity index (χ2n) is 4.12. The fraction of sp³-hybridized carbons (Fsp3) is 0.500. The zero-order valence-corrected chi connectivity index (χ0v) is 11.7. The van der Waals surface area contributed by atoms with Crippen LogP contribution in [0.1, 0.15) is 37.9 Å². The van der Waals surface area contributed by atoms with E-state index in [0.717, 1.165) is 29.7 Å². The van der Waals surface area contributed by atoms with E-state index in [-0.39, 0.29) is 11.9 Å². The molecule has 0 radical (unpaired) electrons. The van der Waals surface area contributed by atoms with Crippen LogP contribution in [0.15, 0.2) is 29.2 Å². The van der Waals surface area contributed by atoms with Crippen LogP contribution >= 0.6 is 11.8 Å². The minimum atomic E-state index is -0.790. The van der Waals surface area contributed by atoms with Gasteiger partial charge >= 0.3 is 5.97 Å². The van der Waals surface area contributed by atoms with Crippen molar-refractivity contribution in [2.75, 3.05) is 12.9 Å². The van der Waals surface area contributed by atoms with Gasteiger partial charge in [0.05, 0.1) is 11.9 Å². The minimum Gasteiger partial charge on any atom is -0.481 e. The highest BCUT2D eigenvalue weighted by atomic mass is 32.2. The van der Waals surface area contributed by atoms with Crippen LogP contribution in [0.25, 0.3) is 0 Å². The van der Waals surface area contributed by atoms with E-state index in [2.05, 4.69) is 6.92 Å². The molecule has 0 bridgehead atoms. The first-order valence-electron chi connectivity index (χ1n) is 6.14. The first-order chi connectivity index (χ1) is 8.67. The largest absolute Gasteiger partial charge is 0.481 e. The summed E-state index contributed by atoms with van der Waals surface area (Å²) in [4.78, 5) is 11.4. The summed E-state index contributed by atoms with van der Waals surface area (Å²) in [6, 6.07) is 7.96. The number of hydrogen-bond donors (Lipinski definition) is 1. The summed E-state index contributed by atoms with van der Waals surface area (Å²) in [6.45, 7) is 2.17. The van der Waals surface area contributed by atoms with E-state index in [1.165, 1.54) is 11.8 Å². The molecule has 0 saturated carbocycles. The standard InChI is InChI=1S/C14H20O3S/c1-3-4-5-13(17-2)11-6-8-12(9-7-11)18-10-14(15)16/h6-9,13H,3-5,10H2,1-2H3,(H,15,16). The van der Waals surface area contributed by atoms with Crippen molar-refractivity contribution >= 4 is 17.7 Å². The molecule has 0 saturated heterocycles. The van der Waals surface area contributed by atoms with Crippen LogP contribution in [0.5, 0.6) is 0 Å². The summed E-state index contributed by atoms with van der Waals surface area (Å²) in [6.07, 6.45) is 3.47. The number of rotatable bonds is 8. The van der Waals surface area contributed by atoms with Gasteiger partial charge < -0.3 is 9.84 Å². The molecule has 1 aromatic rings. The first-order valence-corrected chi connectivity index (χ1v) is 7.13. The lowest BCUT2D eigenvalue weighted by molar-refractivity contribution is -0.133. The van der Waals surface area contributed by atoms with Gasteiger partial charge in [0.2, 0.25) is 0 Å². The lowest BCUT2D eigenvalue weighted by atomic mass is 10.0. The topological polar surface area (TPSA) is 46.5 Å². The van der Waals surface area contributed by atoms with Crippen molar-refractivity contribution in [1.82, 2.24) is 0 Å². The van der Waals surface area contributed by atoms with Crippen LogP contribution in [0.2, 0.25) is 0 Å². The number of ether oxygens (including phenoxy) is 1. The zero-order valence-electron chi connectivity index (χ0n) is 10.9. The van der Waals surface area contributed by atoms with Crippen LogP contribution in [0.4, 0.5) is 0 Å². The maximum Gasteiger partial charge on any atom is 0.313 e. The highest BCUT2D eigenvalue weighted by Crippen LogP contribution is 2.25. The Morgan fingerprint density at radius 2 is 2.06 bits per heavy atom. The molecule has 1 rings (SSSR count). The van der Waals surface area contributed by atoms with Crippen LogP contribution in [-0.2, 0) is 9.53 Å². The van der Waals surface area contributed by atoms with Crippen LogP contribution in [0, 0.1) is 0 Å². The van der Waals surface area contributed by atoms with Crippen LogP contribution in [-0.4, -0.2) is 23.9 Å². The molecular formula is C14H20O3S. The maximum atomic E-state index is 10.5. The van der Waals surface area contributed by atoms with Gasteiger partial charge in [-0.25, -0.2) is 0 Å². The predicted molar refractivity (Wildman–Crippen MR) is 74.1 cm³/mol. The molecule has 0 aliphatic rings. The molecule has 3 nitrogen and oxygen atoms in total. The third-order valence-electron chi connectivity index (χ3n) is 2.72. The molecule has 100 valence electrons. The van der Waals surface area contributed by atoms with E-state index < -0.39 is 5.97 Å². The summed E-state index contributed by atoms with van der Waals surface area (Å²) in [7, 11) is 1.73. The average Bonchev–Trinajstić information content (AvgIpc) is 2.38. The van der Waals surface area contributed by atoms with Crippen LogP contribution in [0.3, 0.4) is 0 Å². The van der Waals surface area contributed by atoms with E-state index in [0.29, 0.717) is 0 Å². The maximum absolute atomic E-state index is 10.5. The van der Waals surface area contributed by atoms with Gasteiger partial charge in [0.1, 0.15) is 0 Å². The molecule has 0 amide bonds. The summed E-state index contributed by atoms with van der Waals surface area (Å²) < 4.78 is 5.48. The molecule has 0 aliphatic heterocycles. The van der Waals surface area contributed by atoms with Crippen LogP contribution < -0.4 is 0 Å². The van der Waals surface area contributed by atoms with Crippen molar-refractivity contribution in [3.63, 3.8) is 0 Å². The van der Waals surface area contributed by atoms with E-state index >= 15 is 0 Å². The Bertz CT molecular complexity index is 362. The Morgan fingerprint density at radius 3 is 2.56 bits per heavy atom. The number of thioether (sulfide) groups is 1. The van der Waals surface area contributed by atoms with E-state index in [9.17, 15) is 4.79 Å². The Labute approximate surface area is 113 Å². The molecule has 0 aromatic heterocycles. The molecule has 0 aliphatic carbocycles. The van der Waals surface area contributed by atoms with Gasteiger partial charge in [0.25, 0.3) is 0 Å². The quantitative estimate of drug-likeness (QED) is 0.730. The summed E-state index contributed by atoms with van der Waals surface area (Å²) in [5, 5.41) is 8.61. The summed E-state index contributed by atoms with van der Waals surface area (Å²) >= 11 is 1.33. The molecule has 1 unspecified atom stereocenters. The molecule has 4 heteroatoms. The molecule has 18 heavy (non-hydrogen) atoms. The van der Waals surface area contributed by atoms with Gasteiger partial charge in [-0.1, -0.05) is 31.9 Å². The molecule has 1 atom stereocenters. The fourth-order valence-corrected chi connectivity index (χ4v) is 2.35. The van der Waals surface area contributed by atoms with Crippen molar-refractivity contribution < 1.29 is 14.6 Å². The molecule has 0 heterocycles. The van der Waals surface area contributed by atoms with Crippen molar-refractivity contribution in [2.24, 2.45) is 0 Å². The van der Waals surface area contributed by atoms with Gasteiger partial charge in [0, 0.05) is 12.0 Å². The summed E-state index contributed by atoms with van der Waals surface area (Å²) in [5.41, 5.74) is 1.16. The second-order valence-corrected chi connectivity index (χ2v) is 5.17. The number of aliphatic carboxylic acids is 1. The zero-order chi connectivity index (χ0) is 13.4. The number of methoxy groups -OCH3 is 1. The Morgan fingerprint density at radius 1 is 1.39 bits per heavy atom. The molecule has 0 fully saturated rings. The fourth-order valence-electron chi connectivity index (χ4n) is 1.73. The normalized spacial score (nSPS) is 12.3. The molecule has 1 N–H and O–H groups in total. The number of unbranched alkanes of at least 4 members (excludes halogenated alkanes) is 1. The van der Waals surface area contributed by atoms with Crippen molar-refractivity contribution in [3.05, 3.63) is 29.8 Å². The number of carboxylic acids is 1. The third-order valence-corrected chi connectivity index (χ3v) is 3.72. The molecular weight excluding hydrogens is 248 g/mol. The number of hydrogen-bond acceptors (Lipinski definition) is 3. The van der Waals surface area contributed by atoms with Crippen molar-refractivity contribution in [1.29, 1.82) is 0 Å². The lowest BCUT2D eigenvalue weighted by Gasteiger charge is -2.15. The van der Waals surface area contributed by atoms with Gasteiger partial charge in [-0.05, 0) is 24.1 Å². The first kappa shape index (κ1) is 15.1. The number of carboxylic acid groups (broad SMARTS) is 1. The highest BCUT2D eigenvalue weighted by molar-refractivity contribution is 8.00. The second kappa shape index (κ2) is 8.16.